The van der Waals surface area contributed by atoms with Crippen LogP contribution in [0.5, 0.6) is 11.5 Å². The Kier molecular flexibility index (Phi) is 10.4. The molecule has 2 heterocycles. The Morgan fingerprint density at radius 3 is 2.52 bits per heavy atom. The number of thioether (sulfide) groups is 1. The number of benzene rings is 4. The molecular weight excluding hydrogens is 710 g/mol. The lowest BCUT2D eigenvalue weighted by atomic mass is 9.94. The van der Waals surface area contributed by atoms with Crippen LogP contribution in [0.15, 0.2) is 106 Å². The Morgan fingerprint density at radius 2 is 1.77 bits per heavy atom. The van der Waals surface area contributed by atoms with Gasteiger partial charge in [-0.1, -0.05) is 78.0 Å². The molecule has 2 N–H and O–H groups in total. The summed E-state index contributed by atoms with van der Waals surface area (Å²) < 4.78 is 14.9. The van der Waals surface area contributed by atoms with Gasteiger partial charge in [0.2, 0.25) is 11.1 Å². The normalized spacial score (nSPS) is 13.9. The molecule has 4 aromatic carbocycles. The molecule has 0 saturated carbocycles. The molecule has 1 atom stereocenters. The number of carbonyl (C=O) groups is 1. The van der Waals surface area contributed by atoms with Crippen LogP contribution >= 0.6 is 39.3 Å². The molecule has 48 heavy (non-hydrogen) atoms. The van der Waals surface area contributed by atoms with Crippen LogP contribution < -0.4 is 20.1 Å². The van der Waals surface area contributed by atoms with E-state index in [0.717, 1.165) is 27.8 Å². The fourth-order valence-electron chi connectivity index (χ4n) is 5.54. The van der Waals surface area contributed by atoms with Crippen LogP contribution in [0.3, 0.4) is 0 Å². The van der Waals surface area contributed by atoms with Gasteiger partial charge in [-0.2, -0.15) is 4.98 Å². The van der Waals surface area contributed by atoms with Gasteiger partial charge in [0.1, 0.15) is 12.6 Å². The highest BCUT2D eigenvalue weighted by Gasteiger charge is 2.35. The number of allylic oxidation sites excluding steroid dienone is 1. The van der Waals surface area contributed by atoms with E-state index >= 15 is 0 Å². The molecular formula is C37H35BrClN5O3S. The van der Waals surface area contributed by atoms with Crippen molar-refractivity contribution < 1.29 is 14.3 Å². The first kappa shape index (κ1) is 33.6. The first-order chi connectivity index (χ1) is 23.2. The molecule has 0 saturated heterocycles. The van der Waals surface area contributed by atoms with E-state index in [1.165, 1.54) is 11.8 Å². The van der Waals surface area contributed by atoms with Crippen molar-refractivity contribution in [3.63, 3.8) is 0 Å². The quantitative estimate of drug-likeness (QED) is 0.130. The molecule has 1 amide bonds. The van der Waals surface area contributed by atoms with E-state index in [1.807, 2.05) is 99.6 Å². The SMILES string of the molecule is CCOc1cc(C2C(C(=O)Nc3cccc(C)c3)=C(C)Nc3nc(SCc4ccccc4Cl)nn32)cc(Br)c1OCc1ccccc1C. The summed E-state index contributed by atoms with van der Waals surface area (Å²) in [6, 6.07) is 26.8. The van der Waals surface area contributed by atoms with Crippen molar-refractivity contribution in [3.05, 3.63) is 134 Å². The van der Waals surface area contributed by atoms with Gasteiger partial charge in [-0.25, -0.2) is 4.68 Å². The molecule has 246 valence electrons. The molecule has 0 radical (unpaired) electrons. The first-order valence-corrected chi connectivity index (χ1v) is 17.7. The van der Waals surface area contributed by atoms with E-state index in [2.05, 4.69) is 39.6 Å². The van der Waals surface area contributed by atoms with Crippen molar-refractivity contribution in [2.24, 2.45) is 0 Å². The minimum absolute atomic E-state index is 0.254. The molecule has 8 nitrogen and oxygen atoms in total. The van der Waals surface area contributed by atoms with Crippen molar-refractivity contribution in [2.45, 2.75) is 51.3 Å². The summed E-state index contributed by atoms with van der Waals surface area (Å²) >= 11 is 11.7. The fourth-order valence-corrected chi connectivity index (χ4v) is 7.23. The number of aromatic nitrogens is 3. The van der Waals surface area contributed by atoms with Crippen LogP contribution in [0.4, 0.5) is 11.6 Å². The summed E-state index contributed by atoms with van der Waals surface area (Å²) in [5.41, 5.74) is 6.90. The largest absolute Gasteiger partial charge is 0.490 e. The fraction of sp³-hybridized carbons (Fsp3) is 0.216. The van der Waals surface area contributed by atoms with Gasteiger partial charge in [-0.15, -0.1) is 5.10 Å². The van der Waals surface area contributed by atoms with Gasteiger partial charge in [0.25, 0.3) is 5.91 Å². The number of nitrogens with one attached hydrogen (secondary N) is 2. The summed E-state index contributed by atoms with van der Waals surface area (Å²) in [7, 11) is 0. The molecule has 5 aromatic rings. The number of hydrogen-bond acceptors (Lipinski definition) is 7. The summed E-state index contributed by atoms with van der Waals surface area (Å²) in [5, 5.41) is 12.6. The Balaban J connectivity index is 1.39. The maximum atomic E-state index is 14.1. The average Bonchev–Trinajstić information content (AvgIpc) is 3.46. The number of fused-ring (bicyclic) bond motifs is 1. The number of aryl methyl sites for hydroxylation is 2. The molecule has 11 heteroatoms. The van der Waals surface area contributed by atoms with Gasteiger partial charge < -0.3 is 20.1 Å². The Labute approximate surface area is 298 Å². The number of ether oxygens (including phenoxy) is 2. The third kappa shape index (κ3) is 7.41. The minimum atomic E-state index is -0.630. The number of nitrogens with zero attached hydrogens (tertiary/aromatic N) is 3. The Bertz CT molecular complexity index is 2010. The van der Waals surface area contributed by atoms with Gasteiger partial charge in [0.15, 0.2) is 11.5 Å². The number of carbonyl (C=O) groups excluding carboxylic acids is 1. The predicted octanol–water partition coefficient (Wildman–Crippen LogP) is 9.51. The second-order valence-electron chi connectivity index (χ2n) is 11.4. The second kappa shape index (κ2) is 14.9. The highest BCUT2D eigenvalue weighted by atomic mass is 79.9. The third-order valence-electron chi connectivity index (χ3n) is 7.95. The Hall–Kier alpha value is -4.25. The van der Waals surface area contributed by atoms with E-state index in [0.29, 0.717) is 68.0 Å². The van der Waals surface area contributed by atoms with Crippen molar-refractivity contribution >= 4 is 56.8 Å². The highest BCUT2D eigenvalue weighted by molar-refractivity contribution is 9.10. The zero-order valence-corrected chi connectivity index (χ0v) is 30.2. The molecule has 1 aromatic heterocycles. The topological polar surface area (TPSA) is 90.3 Å². The van der Waals surface area contributed by atoms with E-state index in [4.69, 9.17) is 31.2 Å². The molecule has 6 rings (SSSR count). The zero-order chi connectivity index (χ0) is 33.8. The first-order valence-electron chi connectivity index (χ1n) is 15.5. The van der Waals surface area contributed by atoms with Crippen LogP contribution in [0.25, 0.3) is 0 Å². The van der Waals surface area contributed by atoms with Crippen LogP contribution in [0.1, 0.15) is 47.7 Å². The van der Waals surface area contributed by atoms with Crippen molar-refractivity contribution in [1.29, 1.82) is 0 Å². The van der Waals surface area contributed by atoms with Gasteiger partial charge >= 0.3 is 0 Å². The van der Waals surface area contributed by atoms with Crippen LogP contribution in [0, 0.1) is 13.8 Å². The summed E-state index contributed by atoms with van der Waals surface area (Å²) in [5.74, 6) is 2.00. The van der Waals surface area contributed by atoms with E-state index in [1.54, 1.807) is 4.68 Å². The van der Waals surface area contributed by atoms with Gasteiger partial charge in [-0.05, 0) is 102 Å². The number of rotatable bonds is 11. The number of anilines is 2. The lowest BCUT2D eigenvalue weighted by Gasteiger charge is -2.29. The van der Waals surface area contributed by atoms with Crippen LogP contribution in [-0.2, 0) is 17.2 Å². The lowest BCUT2D eigenvalue weighted by Crippen LogP contribution is -2.31. The second-order valence-corrected chi connectivity index (χ2v) is 13.6. The van der Waals surface area contributed by atoms with Crippen LogP contribution in [-0.4, -0.2) is 27.3 Å². The highest BCUT2D eigenvalue weighted by Crippen LogP contribution is 2.44. The zero-order valence-electron chi connectivity index (χ0n) is 27.0. The van der Waals surface area contributed by atoms with Gasteiger partial charge in [0, 0.05) is 22.2 Å². The average molecular weight is 745 g/mol. The summed E-state index contributed by atoms with van der Waals surface area (Å²) in [6.07, 6.45) is 0. The summed E-state index contributed by atoms with van der Waals surface area (Å²) in [4.78, 5) is 18.9. The predicted molar refractivity (Wildman–Crippen MR) is 196 cm³/mol. The molecule has 0 aliphatic carbocycles. The maximum Gasteiger partial charge on any atom is 0.255 e. The van der Waals surface area contributed by atoms with Crippen LogP contribution in [0.2, 0.25) is 5.02 Å². The molecule has 1 aliphatic rings. The van der Waals surface area contributed by atoms with Gasteiger partial charge in [0.05, 0.1) is 16.7 Å². The molecule has 0 bridgehead atoms. The number of amides is 1. The van der Waals surface area contributed by atoms with E-state index < -0.39 is 6.04 Å². The van der Waals surface area contributed by atoms with Crippen molar-refractivity contribution in [2.75, 3.05) is 17.2 Å². The minimum Gasteiger partial charge on any atom is -0.490 e. The Morgan fingerprint density at radius 1 is 1.00 bits per heavy atom. The van der Waals surface area contributed by atoms with Gasteiger partial charge in [-0.3, -0.25) is 4.79 Å². The van der Waals surface area contributed by atoms with E-state index in [9.17, 15) is 4.79 Å². The monoisotopic (exact) mass is 743 g/mol. The van der Waals surface area contributed by atoms with Crippen molar-refractivity contribution in [1.82, 2.24) is 14.8 Å². The lowest BCUT2D eigenvalue weighted by molar-refractivity contribution is -0.113. The number of halogens is 2. The standard InChI is InChI=1S/C37H35BrClN5O3S/c1-5-46-31-19-27(18-29(38)34(31)47-20-25-13-7-6-12-23(25)3)33-32(35(45)41-28-15-10-11-22(2)17-28)24(4)40-36-42-37(43-44(33)36)48-21-26-14-8-9-16-30(26)39/h6-19,33H,5,20-21H2,1-4H3,(H,41,45)(H,40,42,43). The molecule has 0 fully saturated rings. The number of hydrogen-bond donors (Lipinski definition) is 2. The maximum absolute atomic E-state index is 14.1. The smallest absolute Gasteiger partial charge is 0.255 e. The summed E-state index contributed by atoms with van der Waals surface area (Å²) in [6.45, 7) is 8.66. The molecule has 1 aliphatic heterocycles. The third-order valence-corrected chi connectivity index (χ3v) is 9.79. The molecule has 0 spiro atoms. The molecule has 1 unspecified atom stereocenters. The van der Waals surface area contributed by atoms with E-state index in [-0.39, 0.29) is 5.91 Å². The van der Waals surface area contributed by atoms with Crippen molar-refractivity contribution in [3.8, 4) is 11.5 Å².